The zero-order valence-corrected chi connectivity index (χ0v) is 10.3. The molecule has 16 heavy (non-hydrogen) atoms. The smallest absolute Gasteiger partial charge is 0.237 e. The molecule has 2 N–H and O–H groups in total. The quantitative estimate of drug-likeness (QED) is 0.712. The van der Waals surface area contributed by atoms with Gasteiger partial charge in [-0.25, -0.2) is 0 Å². The number of likely N-dealkylation sites (tertiary alicyclic amines) is 1. The van der Waals surface area contributed by atoms with Gasteiger partial charge in [0.05, 0.1) is 6.04 Å². The first-order chi connectivity index (χ1) is 7.72. The van der Waals surface area contributed by atoms with Gasteiger partial charge in [-0.1, -0.05) is 0 Å². The normalized spacial score (nSPS) is 36.2. The van der Waals surface area contributed by atoms with E-state index in [1.54, 1.807) is 7.05 Å². The van der Waals surface area contributed by atoms with Crippen molar-refractivity contribution < 1.29 is 4.79 Å². The van der Waals surface area contributed by atoms with Crippen LogP contribution in [0.5, 0.6) is 0 Å². The fourth-order valence-electron chi connectivity index (χ4n) is 2.94. The van der Waals surface area contributed by atoms with E-state index in [1.807, 2.05) is 0 Å². The van der Waals surface area contributed by atoms with Crippen LogP contribution in [-0.2, 0) is 4.79 Å². The summed E-state index contributed by atoms with van der Waals surface area (Å²) in [6, 6.07) is 1.31. The first-order valence-electron chi connectivity index (χ1n) is 6.43. The molecule has 0 aromatic carbocycles. The molecule has 92 valence electrons. The van der Waals surface area contributed by atoms with E-state index in [2.05, 4.69) is 22.5 Å². The molecule has 4 nitrogen and oxygen atoms in total. The Hall–Kier alpha value is -0.610. The van der Waals surface area contributed by atoms with Crippen molar-refractivity contribution in [2.45, 2.75) is 50.7 Å². The summed E-state index contributed by atoms with van der Waals surface area (Å²) >= 11 is 0. The van der Waals surface area contributed by atoms with Gasteiger partial charge in [-0.15, -0.1) is 0 Å². The zero-order valence-electron chi connectivity index (χ0n) is 10.3. The molecule has 3 atom stereocenters. The van der Waals surface area contributed by atoms with Crippen molar-refractivity contribution in [3.63, 3.8) is 0 Å². The van der Waals surface area contributed by atoms with Crippen molar-refractivity contribution in [1.82, 2.24) is 15.5 Å². The van der Waals surface area contributed by atoms with Crippen LogP contribution in [0.4, 0.5) is 0 Å². The summed E-state index contributed by atoms with van der Waals surface area (Å²) in [5.74, 6) is 0.191. The molecule has 0 aromatic rings. The van der Waals surface area contributed by atoms with Crippen LogP contribution in [0.25, 0.3) is 0 Å². The number of amides is 1. The minimum Gasteiger partial charge on any atom is -0.358 e. The van der Waals surface area contributed by atoms with E-state index in [1.165, 1.54) is 12.8 Å². The molecule has 3 unspecified atom stereocenters. The standard InChI is InChI=1S/C12H23N3O/c1-9-5-6-10(8-14-9)15-7-3-4-11(15)12(16)13-2/h9-11,14H,3-8H2,1-2H3,(H,13,16). The van der Waals surface area contributed by atoms with Gasteiger partial charge in [0.1, 0.15) is 0 Å². The molecule has 2 rings (SSSR count). The lowest BCUT2D eigenvalue weighted by Gasteiger charge is -2.37. The molecular formula is C12H23N3O. The molecule has 2 fully saturated rings. The van der Waals surface area contributed by atoms with E-state index in [0.29, 0.717) is 12.1 Å². The number of hydrogen-bond acceptors (Lipinski definition) is 3. The van der Waals surface area contributed by atoms with Gasteiger partial charge in [0, 0.05) is 25.7 Å². The highest BCUT2D eigenvalue weighted by molar-refractivity contribution is 5.81. The van der Waals surface area contributed by atoms with Gasteiger partial charge in [-0.05, 0) is 39.2 Å². The number of hydrogen-bond donors (Lipinski definition) is 2. The Balaban J connectivity index is 1.94. The maximum atomic E-state index is 11.8. The van der Waals surface area contributed by atoms with Crippen LogP contribution in [0.1, 0.15) is 32.6 Å². The summed E-state index contributed by atoms with van der Waals surface area (Å²) in [4.78, 5) is 14.2. The van der Waals surface area contributed by atoms with Crippen LogP contribution >= 0.6 is 0 Å². The predicted octanol–water partition coefficient (Wildman–Crippen LogP) is 0.337. The van der Waals surface area contributed by atoms with Gasteiger partial charge < -0.3 is 10.6 Å². The van der Waals surface area contributed by atoms with Gasteiger partial charge in [-0.3, -0.25) is 9.69 Å². The first-order valence-corrected chi connectivity index (χ1v) is 6.43. The van der Waals surface area contributed by atoms with Crippen LogP contribution in [0.3, 0.4) is 0 Å². The molecule has 4 heteroatoms. The van der Waals surface area contributed by atoms with Gasteiger partial charge >= 0.3 is 0 Å². The van der Waals surface area contributed by atoms with Crippen LogP contribution in [0, 0.1) is 0 Å². The Morgan fingerprint density at radius 3 is 2.81 bits per heavy atom. The monoisotopic (exact) mass is 225 g/mol. The Morgan fingerprint density at radius 1 is 1.38 bits per heavy atom. The number of likely N-dealkylation sites (N-methyl/N-ethyl adjacent to an activating group) is 1. The number of carbonyl (C=O) groups is 1. The van der Waals surface area contributed by atoms with Gasteiger partial charge in [0.15, 0.2) is 0 Å². The average Bonchev–Trinajstić information content (AvgIpc) is 2.78. The van der Waals surface area contributed by atoms with E-state index in [-0.39, 0.29) is 11.9 Å². The van der Waals surface area contributed by atoms with E-state index >= 15 is 0 Å². The summed E-state index contributed by atoms with van der Waals surface area (Å²) < 4.78 is 0. The third-order valence-corrected chi connectivity index (χ3v) is 3.95. The molecule has 2 heterocycles. The topological polar surface area (TPSA) is 44.4 Å². The van der Waals surface area contributed by atoms with Crippen molar-refractivity contribution in [2.75, 3.05) is 20.1 Å². The molecule has 0 aromatic heterocycles. The van der Waals surface area contributed by atoms with Gasteiger partial charge in [0.25, 0.3) is 0 Å². The van der Waals surface area contributed by atoms with Gasteiger partial charge in [-0.2, -0.15) is 0 Å². The Labute approximate surface area is 97.8 Å². The minimum absolute atomic E-state index is 0.116. The van der Waals surface area contributed by atoms with E-state index in [0.717, 1.165) is 25.9 Å². The highest BCUT2D eigenvalue weighted by atomic mass is 16.2. The maximum Gasteiger partial charge on any atom is 0.237 e. The van der Waals surface area contributed by atoms with E-state index in [4.69, 9.17) is 0 Å². The fraction of sp³-hybridized carbons (Fsp3) is 0.917. The van der Waals surface area contributed by atoms with Crippen LogP contribution in [0.2, 0.25) is 0 Å². The van der Waals surface area contributed by atoms with Crippen molar-refractivity contribution in [3.8, 4) is 0 Å². The summed E-state index contributed by atoms with van der Waals surface area (Å²) in [7, 11) is 1.74. The van der Waals surface area contributed by atoms with Gasteiger partial charge in [0.2, 0.25) is 5.91 Å². The highest BCUT2D eigenvalue weighted by Gasteiger charge is 2.35. The van der Waals surface area contributed by atoms with Crippen LogP contribution in [0.15, 0.2) is 0 Å². The Morgan fingerprint density at radius 2 is 2.19 bits per heavy atom. The molecule has 2 aliphatic heterocycles. The lowest BCUT2D eigenvalue weighted by Crippen LogP contribution is -2.53. The van der Waals surface area contributed by atoms with Crippen LogP contribution < -0.4 is 10.6 Å². The lowest BCUT2D eigenvalue weighted by molar-refractivity contribution is -0.125. The van der Waals surface area contributed by atoms with Crippen molar-refractivity contribution in [1.29, 1.82) is 0 Å². The van der Waals surface area contributed by atoms with E-state index < -0.39 is 0 Å². The molecule has 0 bridgehead atoms. The molecule has 0 saturated carbocycles. The first kappa shape index (κ1) is 11.9. The molecule has 1 amide bonds. The SMILES string of the molecule is CNC(=O)C1CCCN1C1CCC(C)NC1. The molecule has 2 saturated heterocycles. The largest absolute Gasteiger partial charge is 0.358 e. The summed E-state index contributed by atoms with van der Waals surface area (Å²) in [6.45, 7) is 4.35. The number of nitrogens with zero attached hydrogens (tertiary/aromatic N) is 1. The third kappa shape index (κ3) is 2.38. The lowest BCUT2D eigenvalue weighted by atomic mass is 10.00. The zero-order chi connectivity index (χ0) is 11.5. The van der Waals surface area contributed by atoms with E-state index in [9.17, 15) is 4.79 Å². The van der Waals surface area contributed by atoms with Crippen molar-refractivity contribution in [2.24, 2.45) is 0 Å². The summed E-state index contributed by atoms with van der Waals surface area (Å²) in [5.41, 5.74) is 0. The van der Waals surface area contributed by atoms with Crippen molar-refractivity contribution >= 4 is 5.91 Å². The third-order valence-electron chi connectivity index (χ3n) is 3.95. The highest BCUT2D eigenvalue weighted by Crippen LogP contribution is 2.24. The van der Waals surface area contributed by atoms with Crippen molar-refractivity contribution in [3.05, 3.63) is 0 Å². The second-order valence-electron chi connectivity index (χ2n) is 5.05. The predicted molar refractivity (Wildman–Crippen MR) is 64.3 cm³/mol. The second kappa shape index (κ2) is 5.15. The molecular weight excluding hydrogens is 202 g/mol. The summed E-state index contributed by atoms with van der Waals surface area (Å²) in [6.07, 6.45) is 4.62. The second-order valence-corrected chi connectivity index (χ2v) is 5.05. The van der Waals surface area contributed by atoms with Crippen LogP contribution in [-0.4, -0.2) is 49.1 Å². The minimum atomic E-state index is 0.116. The average molecular weight is 225 g/mol. The number of nitrogens with one attached hydrogen (secondary N) is 2. The summed E-state index contributed by atoms with van der Waals surface area (Å²) in [5, 5.41) is 6.30. The number of carbonyl (C=O) groups excluding carboxylic acids is 1. The fourth-order valence-corrected chi connectivity index (χ4v) is 2.94. The number of rotatable bonds is 2. The Kier molecular flexibility index (Phi) is 3.82. The molecule has 0 radical (unpaired) electrons. The number of piperidine rings is 1. The Bertz CT molecular complexity index is 249. The molecule has 2 aliphatic rings. The maximum absolute atomic E-state index is 11.8. The molecule has 0 aliphatic carbocycles. The molecule has 0 spiro atoms.